The molecule has 0 saturated carbocycles. The van der Waals surface area contributed by atoms with Gasteiger partial charge in [-0.3, -0.25) is 0 Å². The summed E-state index contributed by atoms with van der Waals surface area (Å²) in [6.45, 7) is 4.26. The van der Waals surface area contributed by atoms with E-state index in [0.29, 0.717) is 11.3 Å². The maximum absolute atomic E-state index is 12.6. The van der Waals surface area contributed by atoms with Crippen molar-refractivity contribution >= 4 is 43.3 Å². The van der Waals surface area contributed by atoms with E-state index in [9.17, 15) is 8.42 Å². The van der Waals surface area contributed by atoms with Crippen LogP contribution in [0.25, 0.3) is 10.2 Å². The van der Waals surface area contributed by atoms with Crippen LogP contribution in [0, 0.1) is 0 Å². The van der Waals surface area contributed by atoms with Gasteiger partial charge in [-0.1, -0.05) is 35.6 Å². The van der Waals surface area contributed by atoms with Gasteiger partial charge in [0, 0.05) is 11.4 Å². The van der Waals surface area contributed by atoms with Gasteiger partial charge in [-0.25, -0.2) is 0 Å². The highest BCUT2D eigenvalue weighted by molar-refractivity contribution is 7.98. The predicted octanol–water partition coefficient (Wildman–Crippen LogP) is 3.90. The van der Waals surface area contributed by atoms with Crippen molar-refractivity contribution in [1.29, 1.82) is 0 Å². The number of thioether (sulfide) groups is 1. The lowest BCUT2D eigenvalue weighted by Crippen LogP contribution is -2.16. The average molecular weight is 377 g/mol. The zero-order valence-electron chi connectivity index (χ0n) is 13.0. The Kier molecular flexibility index (Phi) is 4.93. The fourth-order valence-corrected chi connectivity index (χ4v) is 5.12. The molecule has 124 valence electrons. The minimum atomic E-state index is -3.74. The molecule has 24 heavy (non-hydrogen) atoms. The van der Waals surface area contributed by atoms with Crippen molar-refractivity contribution in [2.75, 3.05) is 6.26 Å². The Morgan fingerprint density at radius 1 is 1.25 bits per heavy atom. The molecule has 0 radical (unpaired) electrons. The summed E-state index contributed by atoms with van der Waals surface area (Å²) in [7, 11) is -3.74. The minimum absolute atomic E-state index is 0.192. The van der Waals surface area contributed by atoms with Gasteiger partial charge in [-0.05, 0) is 36.6 Å². The molecule has 4 nitrogen and oxygen atoms in total. The maximum atomic E-state index is 12.6. The summed E-state index contributed by atoms with van der Waals surface area (Å²) >= 11 is 3.02. The maximum Gasteiger partial charge on any atom is 0.285 e. The third-order valence-electron chi connectivity index (χ3n) is 3.44. The Morgan fingerprint density at radius 3 is 2.67 bits per heavy atom. The van der Waals surface area contributed by atoms with Crippen molar-refractivity contribution in [2.45, 2.75) is 16.3 Å². The second-order valence-corrected chi connectivity index (χ2v) is 8.49. The highest BCUT2D eigenvalue weighted by atomic mass is 32.2. The lowest BCUT2D eigenvalue weighted by molar-refractivity contribution is 0.596. The van der Waals surface area contributed by atoms with E-state index in [0.717, 1.165) is 15.1 Å². The van der Waals surface area contributed by atoms with Gasteiger partial charge in [0.05, 0.1) is 15.1 Å². The van der Waals surface area contributed by atoms with E-state index in [4.69, 9.17) is 0 Å². The van der Waals surface area contributed by atoms with Crippen LogP contribution in [0.15, 0.2) is 75.4 Å². The molecule has 2 aromatic carbocycles. The van der Waals surface area contributed by atoms with Gasteiger partial charge in [0.2, 0.25) is 4.80 Å². The highest BCUT2D eigenvalue weighted by Gasteiger charge is 2.14. The monoisotopic (exact) mass is 376 g/mol. The number of aromatic nitrogens is 1. The normalized spacial score (nSPS) is 12.6. The van der Waals surface area contributed by atoms with Crippen molar-refractivity contribution in [3.8, 4) is 0 Å². The van der Waals surface area contributed by atoms with Crippen molar-refractivity contribution in [3.63, 3.8) is 0 Å². The Hall–Kier alpha value is -1.83. The van der Waals surface area contributed by atoms with Gasteiger partial charge in [0.15, 0.2) is 0 Å². The van der Waals surface area contributed by atoms with E-state index in [-0.39, 0.29) is 4.90 Å². The number of allylic oxidation sites excluding steroid dienone is 1. The third kappa shape index (κ3) is 3.33. The summed E-state index contributed by atoms with van der Waals surface area (Å²) in [5, 5.41) is 0. The van der Waals surface area contributed by atoms with Gasteiger partial charge < -0.3 is 4.57 Å². The molecule has 3 rings (SSSR count). The highest BCUT2D eigenvalue weighted by Crippen LogP contribution is 2.24. The first kappa shape index (κ1) is 17.0. The van der Waals surface area contributed by atoms with E-state index < -0.39 is 10.0 Å². The van der Waals surface area contributed by atoms with Gasteiger partial charge in [0.25, 0.3) is 10.0 Å². The number of nitrogens with zero attached hydrogens (tertiary/aromatic N) is 2. The smallest absolute Gasteiger partial charge is 0.285 e. The third-order valence-corrected chi connectivity index (χ3v) is 6.60. The predicted molar refractivity (Wildman–Crippen MR) is 101 cm³/mol. The number of benzene rings is 2. The van der Waals surface area contributed by atoms with E-state index >= 15 is 0 Å². The van der Waals surface area contributed by atoms with Crippen LogP contribution in [0.5, 0.6) is 0 Å². The Morgan fingerprint density at radius 2 is 2.00 bits per heavy atom. The van der Waals surface area contributed by atoms with Gasteiger partial charge in [0.1, 0.15) is 0 Å². The molecule has 0 aliphatic carbocycles. The molecule has 7 heteroatoms. The van der Waals surface area contributed by atoms with Gasteiger partial charge >= 0.3 is 0 Å². The molecule has 3 aromatic rings. The van der Waals surface area contributed by atoms with Crippen LogP contribution >= 0.6 is 23.1 Å². The summed E-state index contributed by atoms with van der Waals surface area (Å²) in [5.41, 5.74) is 0.958. The van der Waals surface area contributed by atoms with Crippen LogP contribution in [0.4, 0.5) is 0 Å². The first-order chi connectivity index (χ1) is 11.5. The van der Waals surface area contributed by atoms with E-state index in [2.05, 4.69) is 17.0 Å². The van der Waals surface area contributed by atoms with Crippen LogP contribution in [0.3, 0.4) is 0 Å². The number of fused-ring (bicyclic) bond motifs is 1. The molecular formula is C17H16N2O2S3. The number of rotatable bonds is 5. The quantitative estimate of drug-likeness (QED) is 0.501. The SMILES string of the molecule is C=CCn1/c(=N/S(=O)(=O)c2ccccc2)sc2cc(SC)ccc21. The average Bonchev–Trinajstić information content (AvgIpc) is 2.92. The van der Waals surface area contributed by atoms with Crippen LogP contribution in [-0.2, 0) is 16.6 Å². The molecule has 1 heterocycles. The molecule has 0 fully saturated rings. The molecule has 0 atom stereocenters. The molecule has 0 unspecified atom stereocenters. The Labute approximate surface area is 149 Å². The largest absolute Gasteiger partial charge is 0.312 e. The Balaban J connectivity index is 2.24. The topological polar surface area (TPSA) is 51.4 Å². The lowest BCUT2D eigenvalue weighted by atomic mass is 10.3. The molecule has 0 saturated heterocycles. The van der Waals surface area contributed by atoms with Gasteiger partial charge in [-0.15, -0.1) is 22.7 Å². The first-order valence-electron chi connectivity index (χ1n) is 7.19. The van der Waals surface area contributed by atoms with Crippen molar-refractivity contribution in [1.82, 2.24) is 4.57 Å². The number of hydrogen-bond acceptors (Lipinski definition) is 4. The van der Waals surface area contributed by atoms with Crippen molar-refractivity contribution in [2.24, 2.45) is 4.40 Å². The molecular weight excluding hydrogens is 360 g/mol. The first-order valence-corrected chi connectivity index (χ1v) is 10.7. The zero-order valence-corrected chi connectivity index (χ0v) is 15.5. The molecule has 1 aromatic heterocycles. The van der Waals surface area contributed by atoms with E-state index in [1.807, 2.05) is 23.0 Å². The zero-order chi connectivity index (χ0) is 17.2. The molecule has 0 N–H and O–H groups in total. The summed E-state index contributed by atoms with van der Waals surface area (Å²) in [5.74, 6) is 0. The molecule has 0 bridgehead atoms. The summed E-state index contributed by atoms with van der Waals surface area (Å²) in [6.07, 6.45) is 3.75. The van der Waals surface area contributed by atoms with Crippen LogP contribution in [-0.4, -0.2) is 19.2 Å². The second kappa shape index (κ2) is 6.96. The van der Waals surface area contributed by atoms with E-state index in [1.165, 1.54) is 11.3 Å². The standard InChI is InChI=1S/C17H16N2O2S3/c1-3-11-19-15-10-9-13(22-2)12-16(15)23-17(19)18-24(20,21)14-7-5-4-6-8-14/h3-10,12H,1,11H2,2H3/b18-17-. The number of thiazole rings is 1. The Bertz CT molecular complexity index is 1050. The van der Waals surface area contributed by atoms with Crippen molar-refractivity contribution in [3.05, 3.63) is 66.0 Å². The second-order valence-electron chi connectivity index (χ2n) is 5.00. The lowest BCUT2D eigenvalue weighted by Gasteiger charge is -2.02. The molecule has 0 aliphatic heterocycles. The fourth-order valence-electron chi connectivity index (χ4n) is 2.30. The number of sulfonamides is 1. The summed E-state index contributed by atoms with van der Waals surface area (Å²) in [6, 6.07) is 14.3. The molecule has 0 amide bonds. The molecule has 0 aliphatic rings. The van der Waals surface area contributed by atoms with Gasteiger partial charge in [-0.2, -0.15) is 8.42 Å². The van der Waals surface area contributed by atoms with Crippen LogP contribution in [0.1, 0.15) is 0 Å². The van der Waals surface area contributed by atoms with Crippen LogP contribution in [0.2, 0.25) is 0 Å². The van der Waals surface area contributed by atoms with Crippen LogP contribution < -0.4 is 4.80 Å². The summed E-state index contributed by atoms with van der Waals surface area (Å²) in [4.78, 5) is 1.77. The fraction of sp³-hybridized carbons (Fsp3) is 0.118. The minimum Gasteiger partial charge on any atom is -0.312 e. The molecule has 0 spiro atoms. The van der Waals surface area contributed by atoms with Crippen molar-refractivity contribution < 1.29 is 8.42 Å². The number of hydrogen-bond donors (Lipinski definition) is 0. The van der Waals surface area contributed by atoms with E-state index in [1.54, 1.807) is 48.2 Å². The summed E-state index contributed by atoms with van der Waals surface area (Å²) < 4.78 is 32.1.